The molecule has 0 aliphatic carbocycles. The molecule has 1 atom stereocenters. The number of likely N-dealkylation sites (N-methyl/N-ethyl adjacent to an activating group) is 1. The van der Waals surface area contributed by atoms with E-state index in [0.29, 0.717) is 24.9 Å². The number of nitrogens with zero attached hydrogens (tertiary/aromatic N) is 3. The molecule has 1 aliphatic rings. The number of aromatic nitrogens is 2. The molecule has 0 unspecified atom stereocenters. The summed E-state index contributed by atoms with van der Waals surface area (Å²) >= 11 is 0. The molecule has 1 aliphatic heterocycles. The van der Waals surface area contributed by atoms with E-state index in [9.17, 15) is 4.79 Å². The van der Waals surface area contributed by atoms with Gasteiger partial charge < -0.3 is 19.5 Å². The number of hydrogen-bond acceptors (Lipinski definition) is 6. The number of carbonyl (C=O) groups excluding carboxylic acids is 1. The highest BCUT2D eigenvalue weighted by molar-refractivity contribution is 5.85. The van der Waals surface area contributed by atoms with Gasteiger partial charge in [0.15, 0.2) is 11.4 Å². The van der Waals surface area contributed by atoms with Gasteiger partial charge in [-0.3, -0.25) is 4.79 Å². The van der Waals surface area contributed by atoms with E-state index < -0.39 is 5.60 Å². The van der Waals surface area contributed by atoms with Gasteiger partial charge in [0.2, 0.25) is 5.89 Å². The Balaban J connectivity index is 1.91. The van der Waals surface area contributed by atoms with Crippen molar-refractivity contribution in [1.29, 1.82) is 0 Å². The normalized spacial score (nSPS) is 25.1. The van der Waals surface area contributed by atoms with E-state index in [1.54, 1.807) is 13.8 Å². The molecule has 0 spiro atoms. The van der Waals surface area contributed by atoms with Crippen LogP contribution in [0.25, 0.3) is 0 Å². The average Bonchev–Trinajstić information content (AvgIpc) is 2.71. The Morgan fingerprint density at radius 3 is 3.00 bits per heavy atom. The fourth-order valence-corrected chi connectivity index (χ4v) is 1.96. The summed E-state index contributed by atoms with van der Waals surface area (Å²) in [4.78, 5) is 18.2. The Morgan fingerprint density at radius 1 is 1.61 bits per heavy atom. The first-order valence-electron chi connectivity index (χ1n) is 5.89. The van der Waals surface area contributed by atoms with Crippen molar-refractivity contribution < 1.29 is 14.1 Å². The molecule has 1 N–H and O–H groups in total. The van der Waals surface area contributed by atoms with Gasteiger partial charge in [0.25, 0.3) is 5.91 Å². The van der Waals surface area contributed by atoms with Crippen LogP contribution < -0.4 is 5.32 Å². The molecule has 0 radical (unpaired) electrons. The smallest absolute Gasteiger partial charge is 0.253 e. The Kier molecular flexibility index (Phi) is 3.63. The molecule has 1 aromatic heterocycles. The third-order valence-corrected chi connectivity index (χ3v) is 2.92. The van der Waals surface area contributed by atoms with Crippen molar-refractivity contribution in [2.75, 3.05) is 26.7 Å². The summed E-state index contributed by atoms with van der Waals surface area (Å²) in [6.45, 7) is 5.71. The second-order valence-corrected chi connectivity index (χ2v) is 4.74. The summed E-state index contributed by atoms with van der Waals surface area (Å²) in [5.74, 6) is 0.789. The monoisotopic (exact) mass is 254 g/mol. The second kappa shape index (κ2) is 5.03. The first kappa shape index (κ1) is 13.0. The van der Waals surface area contributed by atoms with Crippen LogP contribution in [0.1, 0.15) is 18.6 Å². The lowest BCUT2D eigenvalue weighted by Gasteiger charge is -2.37. The molecule has 7 heteroatoms. The average molecular weight is 254 g/mol. The molecular formula is C11H18N4O3. The summed E-state index contributed by atoms with van der Waals surface area (Å²) in [6, 6.07) is 0. The maximum Gasteiger partial charge on any atom is 0.253 e. The Hall–Kier alpha value is -1.47. The molecule has 1 aromatic rings. The molecular weight excluding hydrogens is 236 g/mol. The van der Waals surface area contributed by atoms with Crippen LogP contribution in [-0.4, -0.2) is 53.3 Å². The van der Waals surface area contributed by atoms with Gasteiger partial charge in [-0.15, -0.1) is 0 Å². The maximum absolute atomic E-state index is 12.1. The van der Waals surface area contributed by atoms with Crippen LogP contribution in [0.2, 0.25) is 0 Å². The van der Waals surface area contributed by atoms with E-state index >= 15 is 0 Å². The van der Waals surface area contributed by atoms with Gasteiger partial charge in [-0.2, -0.15) is 4.98 Å². The molecule has 2 rings (SSSR count). The summed E-state index contributed by atoms with van der Waals surface area (Å²) in [5, 5.41) is 6.42. The van der Waals surface area contributed by atoms with E-state index in [4.69, 9.17) is 9.26 Å². The van der Waals surface area contributed by atoms with Crippen LogP contribution in [0.3, 0.4) is 0 Å². The van der Waals surface area contributed by atoms with Crippen LogP contribution in [0.5, 0.6) is 0 Å². The number of carbonyl (C=O) groups is 1. The number of hydrogen-bond donors (Lipinski definition) is 1. The van der Waals surface area contributed by atoms with Gasteiger partial charge in [-0.05, 0) is 20.9 Å². The van der Waals surface area contributed by atoms with Crippen molar-refractivity contribution in [3.8, 4) is 0 Å². The number of amides is 1. The first-order valence-corrected chi connectivity index (χ1v) is 5.89. The van der Waals surface area contributed by atoms with Crippen LogP contribution in [-0.2, 0) is 16.1 Å². The zero-order valence-corrected chi connectivity index (χ0v) is 10.9. The Labute approximate surface area is 105 Å². The summed E-state index contributed by atoms with van der Waals surface area (Å²) in [6.07, 6.45) is 0. The number of aryl methyl sites for hydroxylation is 1. The highest BCUT2D eigenvalue weighted by Gasteiger charge is 2.38. The molecule has 1 saturated heterocycles. The molecule has 7 nitrogen and oxygen atoms in total. The minimum Gasteiger partial charge on any atom is -0.363 e. The number of nitrogens with one attached hydrogen (secondary N) is 1. The lowest BCUT2D eigenvalue weighted by molar-refractivity contribution is -0.155. The highest BCUT2D eigenvalue weighted by atomic mass is 16.5. The predicted octanol–water partition coefficient (Wildman–Crippen LogP) is -0.285. The van der Waals surface area contributed by atoms with Crippen LogP contribution >= 0.6 is 0 Å². The zero-order chi connectivity index (χ0) is 13.2. The predicted molar refractivity (Wildman–Crippen MR) is 62.7 cm³/mol. The van der Waals surface area contributed by atoms with Gasteiger partial charge in [0.1, 0.15) is 0 Å². The van der Waals surface area contributed by atoms with Crippen molar-refractivity contribution in [3.63, 3.8) is 0 Å². The van der Waals surface area contributed by atoms with Gasteiger partial charge in [-0.25, -0.2) is 0 Å². The van der Waals surface area contributed by atoms with Gasteiger partial charge in [-0.1, -0.05) is 5.16 Å². The first-order chi connectivity index (χ1) is 8.49. The molecule has 1 fully saturated rings. The van der Waals surface area contributed by atoms with Crippen molar-refractivity contribution in [2.24, 2.45) is 0 Å². The lowest BCUT2D eigenvalue weighted by atomic mass is 10.0. The third kappa shape index (κ3) is 2.85. The Morgan fingerprint density at radius 2 is 2.39 bits per heavy atom. The van der Waals surface area contributed by atoms with Crippen molar-refractivity contribution >= 4 is 5.91 Å². The standard InChI is InChI=1S/C11H18N4O3/c1-8-13-9(18-14-8)6-12-10(16)11(2)7-15(3)4-5-17-11/h4-7H2,1-3H3,(H,12,16)/t11-/m1/s1. The van der Waals surface area contributed by atoms with E-state index in [0.717, 1.165) is 6.54 Å². The van der Waals surface area contributed by atoms with E-state index in [-0.39, 0.29) is 12.5 Å². The van der Waals surface area contributed by atoms with E-state index in [2.05, 4.69) is 20.4 Å². The van der Waals surface area contributed by atoms with E-state index in [1.807, 2.05) is 7.05 Å². The van der Waals surface area contributed by atoms with Crippen LogP contribution in [0.4, 0.5) is 0 Å². The fourth-order valence-electron chi connectivity index (χ4n) is 1.96. The third-order valence-electron chi connectivity index (χ3n) is 2.92. The molecule has 0 bridgehead atoms. The number of morpholine rings is 1. The minimum atomic E-state index is -0.817. The number of rotatable bonds is 3. The molecule has 1 amide bonds. The summed E-state index contributed by atoms with van der Waals surface area (Å²) in [7, 11) is 1.97. The largest absolute Gasteiger partial charge is 0.363 e. The van der Waals surface area contributed by atoms with E-state index in [1.165, 1.54) is 0 Å². The van der Waals surface area contributed by atoms with Gasteiger partial charge in [0.05, 0.1) is 13.2 Å². The minimum absolute atomic E-state index is 0.162. The summed E-state index contributed by atoms with van der Waals surface area (Å²) in [5.41, 5.74) is -0.817. The lowest BCUT2D eigenvalue weighted by Crippen LogP contribution is -2.57. The summed E-state index contributed by atoms with van der Waals surface area (Å²) < 4.78 is 10.5. The molecule has 18 heavy (non-hydrogen) atoms. The number of ether oxygens (including phenoxy) is 1. The van der Waals surface area contributed by atoms with Crippen molar-refractivity contribution in [2.45, 2.75) is 26.0 Å². The van der Waals surface area contributed by atoms with Crippen molar-refractivity contribution in [1.82, 2.24) is 20.4 Å². The molecule has 0 aromatic carbocycles. The molecule has 0 saturated carbocycles. The Bertz CT molecular complexity index is 434. The van der Waals surface area contributed by atoms with Crippen LogP contribution in [0.15, 0.2) is 4.52 Å². The van der Waals surface area contributed by atoms with Crippen molar-refractivity contribution in [3.05, 3.63) is 11.7 Å². The van der Waals surface area contributed by atoms with Gasteiger partial charge >= 0.3 is 0 Å². The fraction of sp³-hybridized carbons (Fsp3) is 0.727. The zero-order valence-electron chi connectivity index (χ0n) is 10.9. The van der Waals surface area contributed by atoms with Gasteiger partial charge in [0, 0.05) is 13.1 Å². The molecule has 100 valence electrons. The second-order valence-electron chi connectivity index (χ2n) is 4.74. The highest BCUT2D eigenvalue weighted by Crippen LogP contribution is 2.16. The molecule has 2 heterocycles. The maximum atomic E-state index is 12.1. The van der Waals surface area contributed by atoms with Crippen LogP contribution in [0, 0.1) is 6.92 Å². The quantitative estimate of drug-likeness (QED) is 0.798. The SMILES string of the molecule is Cc1noc(CNC(=O)[C@@]2(C)CN(C)CCO2)n1. The topological polar surface area (TPSA) is 80.5 Å².